The Labute approximate surface area is 161 Å². The number of hydrogen-bond donors (Lipinski definition) is 1. The summed E-state index contributed by atoms with van der Waals surface area (Å²) in [4.78, 5) is 32.5. The van der Waals surface area contributed by atoms with Gasteiger partial charge in [0.25, 0.3) is 5.91 Å². The molecule has 0 radical (unpaired) electrons. The van der Waals surface area contributed by atoms with Crippen LogP contribution in [-0.2, 0) is 9.53 Å². The van der Waals surface area contributed by atoms with Gasteiger partial charge in [-0.15, -0.1) is 11.3 Å². The minimum Gasteiger partial charge on any atom is -0.452 e. The third-order valence-electron chi connectivity index (χ3n) is 3.81. The summed E-state index contributed by atoms with van der Waals surface area (Å²) < 4.78 is 23.2. The standard InChI is InChI=1S/C19H12FN3O4S/c20-12-6-4-11(5-7-12)14-9-28-19(22-14)23-16(24)8-26-18(25)13-2-1-3-15-17(13)21-10-27-15/h1-7,9-10H,8H2,(H,22,23,24). The number of amides is 1. The van der Waals surface area contributed by atoms with Crippen LogP contribution in [0.1, 0.15) is 10.4 Å². The summed E-state index contributed by atoms with van der Waals surface area (Å²) in [6.45, 7) is -0.474. The topological polar surface area (TPSA) is 94.3 Å². The fourth-order valence-electron chi connectivity index (χ4n) is 2.50. The molecule has 0 spiro atoms. The van der Waals surface area contributed by atoms with E-state index in [2.05, 4.69) is 15.3 Å². The van der Waals surface area contributed by atoms with Gasteiger partial charge in [0.2, 0.25) is 0 Å². The van der Waals surface area contributed by atoms with Crippen LogP contribution in [0.4, 0.5) is 9.52 Å². The van der Waals surface area contributed by atoms with E-state index in [1.165, 1.54) is 29.9 Å². The average Bonchev–Trinajstić information content (AvgIpc) is 3.36. The van der Waals surface area contributed by atoms with Gasteiger partial charge in [0.15, 0.2) is 23.7 Å². The molecular formula is C19H12FN3O4S. The van der Waals surface area contributed by atoms with E-state index < -0.39 is 18.5 Å². The lowest BCUT2D eigenvalue weighted by atomic mass is 10.2. The Morgan fingerprint density at radius 3 is 2.82 bits per heavy atom. The van der Waals surface area contributed by atoms with Crippen molar-refractivity contribution < 1.29 is 23.1 Å². The molecule has 140 valence electrons. The molecular weight excluding hydrogens is 385 g/mol. The number of hydrogen-bond acceptors (Lipinski definition) is 7. The minimum absolute atomic E-state index is 0.215. The quantitative estimate of drug-likeness (QED) is 0.514. The van der Waals surface area contributed by atoms with Gasteiger partial charge in [0.1, 0.15) is 11.3 Å². The van der Waals surface area contributed by atoms with Crippen molar-refractivity contribution >= 4 is 39.4 Å². The Morgan fingerprint density at radius 1 is 1.18 bits per heavy atom. The number of carbonyl (C=O) groups is 2. The van der Waals surface area contributed by atoms with Crippen molar-refractivity contribution in [1.82, 2.24) is 9.97 Å². The van der Waals surface area contributed by atoms with Crippen molar-refractivity contribution in [3.8, 4) is 11.3 Å². The molecule has 2 aromatic carbocycles. The van der Waals surface area contributed by atoms with Crippen LogP contribution in [0.3, 0.4) is 0 Å². The number of anilines is 1. The van der Waals surface area contributed by atoms with Gasteiger partial charge in [-0.25, -0.2) is 19.2 Å². The number of carbonyl (C=O) groups excluding carboxylic acids is 2. The molecule has 0 aliphatic rings. The molecule has 9 heteroatoms. The monoisotopic (exact) mass is 397 g/mol. The normalized spacial score (nSPS) is 10.8. The minimum atomic E-state index is -0.680. The third-order valence-corrected chi connectivity index (χ3v) is 4.56. The van der Waals surface area contributed by atoms with Gasteiger partial charge in [-0.2, -0.15) is 0 Å². The van der Waals surface area contributed by atoms with Crippen molar-refractivity contribution in [3.05, 3.63) is 65.6 Å². The molecule has 0 aliphatic carbocycles. The predicted molar refractivity (Wildman–Crippen MR) is 100 cm³/mol. The van der Waals surface area contributed by atoms with Crippen LogP contribution >= 0.6 is 11.3 Å². The maximum Gasteiger partial charge on any atom is 0.340 e. The first-order valence-electron chi connectivity index (χ1n) is 8.11. The summed E-state index contributed by atoms with van der Waals surface area (Å²) >= 11 is 1.21. The average molecular weight is 397 g/mol. The summed E-state index contributed by atoms with van der Waals surface area (Å²) in [5, 5.41) is 4.65. The van der Waals surface area contributed by atoms with E-state index in [9.17, 15) is 14.0 Å². The molecule has 4 aromatic rings. The second kappa shape index (κ2) is 7.57. The highest BCUT2D eigenvalue weighted by Crippen LogP contribution is 2.25. The highest BCUT2D eigenvalue weighted by atomic mass is 32.1. The Balaban J connectivity index is 1.36. The zero-order valence-electron chi connectivity index (χ0n) is 14.2. The Hall–Kier alpha value is -3.59. The molecule has 2 heterocycles. The number of nitrogens with zero attached hydrogens (tertiary/aromatic N) is 2. The van der Waals surface area contributed by atoms with Gasteiger partial charge in [-0.1, -0.05) is 6.07 Å². The lowest BCUT2D eigenvalue weighted by molar-refractivity contribution is -0.119. The first-order chi connectivity index (χ1) is 13.6. The van der Waals surface area contributed by atoms with E-state index in [1.807, 2.05) is 0 Å². The maximum absolute atomic E-state index is 13.0. The van der Waals surface area contributed by atoms with Crippen LogP contribution in [0.25, 0.3) is 22.4 Å². The summed E-state index contributed by atoms with van der Waals surface area (Å²) in [6.07, 6.45) is 1.23. The largest absolute Gasteiger partial charge is 0.452 e. The zero-order chi connectivity index (χ0) is 19.5. The van der Waals surface area contributed by atoms with Crippen LogP contribution < -0.4 is 5.32 Å². The second-order valence-corrected chi connectivity index (χ2v) is 6.53. The molecule has 0 atom stereocenters. The van der Waals surface area contributed by atoms with Gasteiger partial charge < -0.3 is 9.15 Å². The van der Waals surface area contributed by atoms with Crippen LogP contribution in [0, 0.1) is 5.82 Å². The van der Waals surface area contributed by atoms with E-state index >= 15 is 0 Å². The van der Waals surface area contributed by atoms with Crippen LogP contribution in [-0.4, -0.2) is 28.5 Å². The number of halogens is 1. The number of para-hydroxylation sites is 1. The van der Waals surface area contributed by atoms with E-state index in [-0.39, 0.29) is 11.4 Å². The van der Waals surface area contributed by atoms with Crippen molar-refractivity contribution in [2.75, 3.05) is 11.9 Å². The molecule has 7 nitrogen and oxygen atoms in total. The van der Waals surface area contributed by atoms with Crippen molar-refractivity contribution in [1.29, 1.82) is 0 Å². The fraction of sp³-hybridized carbons (Fsp3) is 0.0526. The van der Waals surface area contributed by atoms with Crippen LogP contribution in [0.2, 0.25) is 0 Å². The zero-order valence-corrected chi connectivity index (χ0v) is 15.0. The number of benzene rings is 2. The third kappa shape index (κ3) is 3.74. The Bertz CT molecular complexity index is 1150. The van der Waals surface area contributed by atoms with E-state index in [0.717, 1.165) is 5.56 Å². The molecule has 0 aliphatic heterocycles. The maximum atomic E-state index is 13.0. The van der Waals surface area contributed by atoms with E-state index in [0.29, 0.717) is 21.9 Å². The Morgan fingerprint density at radius 2 is 2.00 bits per heavy atom. The lowest BCUT2D eigenvalue weighted by Gasteiger charge is -2.05. The lowest BCUT2D eigenvalue weighted by Crippen LogP contribution is -2.21. The van der Waals surface area contributed by atoms with Crippen molar-refractivity contribution in [2.45, 2.75) is 0 Å². The molecule has 0 fully saturated rings. The molecule has 4 rings (SSSR count). The van der Waals surface area contributed by atoms with Crippen LogP contribution in [0.15, 0.2) is 58.7 Å². The van der Waals surface area contributed by atoms with Crippen molar-refractivity contribution in [3.63, 3.8) is 0 Å². The van der Waals surface area contributed by atoms with Crippen LogP contribution in [0.5, 0.6) is 0 Å². The number of aromatic nitrogens is 2. The van der Waals surface area contributed by atoms with E-state index in [1.54, 1.807) is 35.7 Å². The van der Waals surface area contributed by atoms with E-state index in [4.69, 9.17) is 9.15 Å². The number of fused-ring (bicyclic) bond motifs is 1. The number of ether oxygens (including phenoxy) is 1. The van der Waals surface area contributed by atoms with Gasteiger partial charge in [0.05, 0.1) is 11.3 Å². The predicted octanol–water partition coefficient (Wildman–Crippen LogP) is 3.89. The number of esters is 1. The molecule has 0 saturated heterocycles. The van der Waals surface area contributed by atoms with Gasteiger partial charge in [-0.05, 0) is 36.4 Å². The molecule has 0 saturated carbocycles. The first-order valence-corrected chi connectivity index (χ1v) is 8.99. The smallest absolute Gasteiger partial charge is 0.340 e. The summed E-state index contributed by atoms with van der Waals surface area (Å²) in [5.41, 5.74) is 2.37. The van der Waals surface area contributed by atoms with Gasteiger partial charge >= 0.3 is 5.97 Å². The SMILES string of the molecule is O=C(COC(=O)c1cccc2ocnc12)Nc1nc(-c2ccc(F)cc2)cs1. The molecule has 1 N–H and O–H groups in total. The van der Waals surface area contributed by atoms with Crippen molar-refractivity contribution in [2.24, 2.45) is 0 Å². The summed E-state index contributed by atoms with van der Waals surface area (Å²) in [5.74, 6) is -1.54. The summed E-state index contributed by atoms with van der Waals surface area (Å²) in [7, 11) is 0. The summed E-state index contributed by atoms with van der Waals surface area (Å²) in [6, 6.07) is 10.7. The van der Waals surface area contributed by atoms with Gasteiger partial charge in [-0.3, -0.25) is 10.1 Å². The Kier molecular flexibility index (Phi) is 4.81. The number of rotatable bonds is 5. The molecule has 0 unspecified atom stereocenters. The molecule has 2 aromatic heterocycles. The molecule has 28 heavy (non-hydrogen) atoms. The van der Waals surface area contributed by atoms with Gasteiger partial charge in [0, 0.05) is 10.9 Å². The fourth-order valence-corrected chi connectivity index (χ4v) is 3.24. The second-order valence-electron chi connectivity index (χ2n) is 5.67. The number of oxazole rings is 1. The highest BCUT2D eigenvalue weighted by Gasteiger charge is 2.16. The molecule has 0 bridgehead atoms. The highest BCUT2D eigenvalue weighted by molar-refractivity contribution is 7.14. The number of nitrogens with one attached hydrogen (secondary N) is 1. The first kappa shape index (κ1) is 17.8. The molecule has 1 amide bonds. The number of thiazole rings is 1.